The summed E-state index contributed by atoms with van der Waals surface area (Å²) in [5.74, 6) is -0.0656. The monoisotopic (exact) mass is 410 g/mol. The summed E-state index contributed by atoms with van der Waals surface area (Å²) in [5.41, 5.74) is 1.97. The summed E-state index contributed by atoms with van der Waals surface area (Å²) in [6.45, 7) is 1.30. The molecule has 4 nitrogen and oxygen atoms in total. The van der Waals surface area contributed by atoms with Gasteiger partial charge in [-0.2, -0.15) is 0 Å². The first-order chi connectivity index (χ1) is 13.7. The molecule has 0 spiro atoms. The standard InChI is InChI=1S/C22H22N2O2S2/c1-27-18-10-5-11-19-21(18)23-22(28-19)24(15-17-9-6-14-26-17)20(25)13-12-16-7-3-2-4-8-16/h2-5,7-8,10-13,17H,6,9,14-15H2,1H3/b13-12+/t17-/m0/s1. The highest BCUT2D eigenvalue weighted by molar-refractivity contribution is 7.98. The fourth-order valence-corrected chi connectivity index (χ4v) is 4.90. The summed E-state index contributed by atoms with van der Waals surface area (Å²) in [4.78, 5) is 20.8. The summed E-state index contributed by atoms with van der Waals surface area (Å²) in [5, 5.41) is 0.731. The molecule has 2 heterocycles. The van der Waals surface area contributed by atoms with Crippen molar-refractivity contribution in [3.8, 4) is 0 Å². The summed E-state index contributed by atoms with van der Waals surface area (Å²) >= 11 is 3.23. The number of thiazole rings is 1. The molecule has 2 aromatic carbocycles. The molecule has 3 aromatic rings. The van der Waals surface area contributed by atoms with E-state index in [9.17, 15) is 4.79 Å². The average Bonchev–Trinajstić information content (AvgIpc) is 3.40. The van der Waals surface area contributed by atoms with Crippen molar-refractivity contribution < 1.29 is 9.53 Å². The molecule has 1 aliphatic rings. The number of fused-ring (bicyclic) bond motifs is 1. The zero-order valence-electron chi connectivity index (χ0n) is 15.7. The van der Waals surface area contributed by atoms with Crippen LogP contribution in [0.3, 0.4) is 0 Å². The molecule has 144 valence electrons. The molecule has 1 fully saturated rings. The Labute approximate surface area is 173 Å². The van der Waals surface area contributed by atoms with Crippen LogP contribution in [0.25, 0.3) is 16.3 Å². The van der Waals surface area contributed by atoms with Gasteiger partial charge in [-0.1, -0.05) is 47.7 Å². The maximum atomic E-state index is 13.1. The Morgan fingerprint density at radius 2 is 2.14 bits per heavy atom. The minimum Gasteiger partial charge on any atom is -0.376 e. The Bertz CT molecular complexity index is 979. The highest BCUT2D eigenvalue weighted by atomic mass is 32.2. The second-order valence-electron chi connectivity index (χ2n) is 6.63. The number of aromatic nitrogens is 1. The largest absolute Gasteiger partial charge is 0.376 e. The molecule has 0 saturated carbocycles. The molecule has 1 saturated heterocycles. The number of nitrogens with zero attached hydrogens (tertiary/aromatic N) is 2. The predicted octanol–water partition coefficient (Wildman–Crippen LogP) is 5.24. The second kappa shape index (κ2) is 8.90. The number of hydrogen-bond donors (Lipinski definition) is 0. The minimum absolute atomic E-state index is 0.0656. The predicted molar refractivity (Wildman–Crippen MR) is 118 cm³/mol. The first-order valence-electron chi connectivity index (χ1n) is 9.34. The van der Waals surface area contributed by atoms with Crippen LogP contribution < -0.4 is 4.90 Å². The smallest absolute Gasteiger partial charge is 0.252 e. The lowest BCUT2D eigenvalue weighted by Crippen LogP contribution is -2.36. The molecule has 0 unspecified atom stereocenters. The van der Waals surface area contributed by atoms with Gasteiger partial charge in [0.1, 0.15) is 0 Å². The van der Waals surface area contributed by atoms with Gasteiger partial charge in [0.15, 0.2) is 5.13 Å². The van der Waals surface area contributed by atoms with Crippen molar-refractivity contribution in [2.24, 2.45) is 0 Å². The molecule has 6 heteroatoms. The van der Waals surface area contributed by atoms with Crippen LogP contribution in [0.15, 0.2) is 59.5 Å². The van der Waals surface area contributed by atoms with Crippen molar-refractivity contribution in [3.63, 3.8) is 0 Å². The van der Waals surface area contributed by atoms with E-state index in [-0.39, 0.29) is 12.0 Å². The molecule has 1 atom stereocenters. The fraction of sp³-hybridized carbons (Fsp3) is 0.273. The van der Waals surface area contributed by atoms with Crippen LogP contribution in [0.5, 0.6) is 0 Å². The maximum absolute atomic E-state index is 13.1. The zero-order chi connectivity index (χ0) is 19.3. The highest BCUT2D eigenvalue weighted by Crippen LogP contribution is 2.34. The number of thioether (sulfide) groups is 1. The van der Waals surface area contributed by atoms with Gasteiger partial charge in [-0.3, -0.25) is 9.69 Å². The number of rotatable bonds is 6. The summed E-state index contributed by atoms with van der Waals surface area (Å²) < 4.78 is 6.89. The summed E-state index contributed by atoms with van der Waals surface area (Å²) in [7, 11) is 0. The van der Waals surface area contributed by atoms with Crippen LogP contribution >= 0.6 is 23.1 Å². The van der Waals surface area contributed by atoms with Gasteiger partial charge in [0.25, 0.3) is 5.91 Å². The van der Waals surface area contributed by atoms with Gasteiger partial charge in [0.2, 0.25) is 0 Å². The van der Waals surface area contributed by atoms with Crippen LogP contribution in [-0.4, -0.2) is 36.4 Å². The van der Waals surface area contributed by atoms with Crippen molar-refractivity contribution in [1.29, 1.82) is 0 Å². The van der Waals surface area contributed by atoms with Gasteiger partial charge >= 0.3 is 0 Å². The second-order valence-corrected chi connectivity index (χ2v) is 8.49. The molecule has 0 radical (unpaired) electrons. The number of hydrogen-bond acceptors (Lipinski definition) is 5. The van der Waals surface area contributed by atoms with E-state index >= 15 is 0 Å². The molecule has 1 aromatic heterocycles. The van der Waals surface area contributed by atoms with Gasteiger partial charge in [-0.15, -0.1) is 11.8 Å². The lowest BCUT2D eigenvalue weighted by Gasteiger charge is -2.21. The number of anilines is 1. The van der Waals surface area contributed by atoms with E-state index in [1.807, 2.05) is 48.7 Å². The molecule has 1 amide bonds. The molecular weight excluding hydrogens is 388 g/mol. The number of ether oxygens (including phenoxy) is 1. The Kier molecular flexibility index (Phi) is 6.10. The number of para-hydroxylation sites is 1. The van der Waals surface area contributed by atoms with Crippen LogP contribution in [0.4, 0.5) is 5.13 Å². The Morgan fingerprint density at radius 1 is 1.29 bits per heavy atom. The number of amides is 1. The van der Waals surface area contributed by atoms with E-state index in [1.54, 1.807) is 34.1 Å². The SMILES string of the molecule is CSc1cccc2sc(N(C[C@@H]3CCCO3)C(=O)/C=C/c3ccccc3)nc12. The molecule has 0 bridgehead atoms. The maximum Gasteiger partial charge on any atom is 0.252 e. The average molecular weight is 411 g/mol. The lowest BCUT2D eigenvalue weighted by atomic mass is 10.2. The van der Waals surface area contributed by atoms with Crippen molar-refractivity contribution in [3.05, 3.63) is 60.2 Å². The minimum atomic E-state index is -0.0656. The quantitative estimate of drug-likeness (QED) is 0.411. The Balaban J connectivity index is 1.65. The van der Waals surface area contributed by atoms with Crippen molar-refractivity contribution in [2.75, 3.05) is 24.3 Å². The van der Waals surface area contributed by atoms with Crippen molar-refractivity contribution in [2.45, 2.75) is 23.8 Å². The van der Waals surface area contributed by atoms with Crippen molar-refractivity contribution >= 4 is 50.4 Å². The first kappa shape index (κ1) is 19.2. The number of carbonyl (C=O) groups is 1. The van der Waals surface area contributed by atoms with E-state index in [1.165, 1.54) is 0 Å². The molecule has 28 heavy (non-hydrogen) atoms. The zero-order valence-corrected chi connectivity index (χ0v) is 17.3. The van der Waals surface area contributed by atoms with E-state index < -0.39 is 0 Å². The van der Waals surface area contributed by atoms with E-state index in [4.69, 9.17) is 9.72 Å². The third kappa shape index (κ3) is 4.29. The van der Waals surface area contributed by atoms with Gasteiger partial charge in [0, 0.05) is 17.6 Å². The van der Waals surface area contributed by atoms with Crippen LogP contribution in [0.2, 0.25) is 0 Å². The highest BCUT2D eigenvalue weighted by Gasteiger charge is 2.25. The topological polar surface area (TPSA) is 42.4 Å². The first-order valence-corrected chi connectivity index (χ1v) is 11.4. The van der Waals surface area contributed by atoms with E-state index in [0.29, 0.717) is 6.54 Å². The van der Waals surface area contributed by atoms with Crippen LogP contribution in [0, 0.1) is 0 Å². The van der Waals surface area contributed by atoms with E-state index in [2.05, 4.69) is 12.1 Å². The number of carbonyl (C=O) groups excluding carboxylic acids is 1. The van der Waals surface area contributed by atoms with Gasteiger partial charge < -0.3 is 4.74 Å². The lowest BCUT2D eigenvalue weighted by molar-refractivity contribution is -0.114. The van der Waals surface area contributed by atoms with Crippen LogP contribution in [-0.2, 0) is 9.53 Å². The molecule has 0 aliphatic carbocycles. The van der Waals surface area contributed by atoms with Gasteiger partial charge in [-0.05, 0) is 42.9 Å². The summed E-state index contributed by atoms with van der Waals surface area (Å²) in [6.07, 6.45) is 7.63. The van der Waals surface area contributed by atoms with Gasteiger partial charge in [-0.25, -0.2) is 4.98 Å². The third-order valence-corrected chi connectivity index (χ3v) is 6.53. The molecular formula is C22H22N2O2S2. The Morgan fingerprint density at radius 3 is 2.89 bits per heavy atom. The number of benzene rings is 2. The molecule has 1 aliphatic heterocycles. The summed E-state index contributed by atoms with van der Waals surface area (Å²) in [6, 6.07) is 16.0. The normalized spacial score (nSPS) is 16.8. The molecule has 4 rings (SSSR count). The van der Waals surface area contributed by atoms with Crippen molar-refractivity contribution in [1.82, 2.24) is 4.98 Å². The van der Waals surface area contributed by atoms with Gasteiger partial charge in [0.05, 0.1) is 22.9 Å². The van der Waals surface area contributed by atoms with E-state index in [0.717, 1.165) is 45.3 Å². The third-order valence-electron chi connectivity index (χ3n) is 4.72. The van der Waals surface area contributed by atoms with Crippen LogP contribution in [0.1, 0.15) is 18.4 Å². The molecule has 0 N–H and O–H groups in total. The fourth-order valence-electron chi connectivity index (χ4n) is 3.27. The Hall–Kier alpha value is -2.15.